The third-order valence-corrected chi connectivity index (χ3v) is 2.31. The van der Waals surface area contributed by atoms with Gasteiger partial charge in [0, 0.05) is 5.23 Å². The average molecular weight is 243 g/mol. The van der Waals surface area contributed by atoms with Crippen LogP contribution >= 0.6 is 0 Å². The van der Waals surface area contributed by atoms with E-state index >= 15 is 0 Å². The van der Waals surface area contributed by atoms with Gasteiger partial charge in [-0.25, -0.2) is 0 Å². The number of hydrogen-bond donors (Lipinski definition) is 0. The van der Waals surface area contributed by atoms with Crippen LogP contribution in [0, 0.1) is 0 Å². The standard InChI is InChI=1S/C15H17NO2/c1-2-13-16(17-14-9-5-3-6-10-14)18-15-11-7-4-8-12-15/h3-12H,2,13H2,1H3. The van der Waals surface area contributed by atoms with Crippen LogP contribution in [0.2, 0.25) is 0 Å². The Morgan fingerprint density at radius 2 is 1.22 bits per heavy atom. The highest BCUT2D eigenvalue weighted by Gasteiger charge is 2.07. The van der Waals surface area contributed by atoms with Gasteiger partial charge in [0.25, 0.3) is 0 Å². The summed E-state index contributed by atoms with van der Waals surface area (Å²) in [4.78, 5) is 11.3. The van der Waals surface area contributed by atoms with Crippen molar-refractivity contribution in [1.82, 2.24) is 5.23 Å². The maximum Gasteiger partial charge on any atom is 0.151 e. The number of benzene rings is 2. The largest absolute Gasteiger partial charge is 0.371 e. The molecule has 0 aliphatic rings. The third-order valence-electron chi connectivity index (χ3n) is 2.31. The van der Waals surface area contributed by atoms with Crippen molar-refractivity contribution in [2.45, 2.75) is 13.3 Å². The molecular formula is C15H17NO2. The van der Waals surface area contributed by atoms with Crippen molar-refractivity contribution in [2.24, 2.45) is 0 Å². The zero-order valence-corrected chi connectivity index (χ0v) is 10.5. The van der Waals surface area contributed by atoms with Crippen LogP contribution in [-0.2, 0) is 0 Å². The minimum atomic E-state index is 0.698. The van der Waals surface area contributed by atoms with Crippen molar-refractivity contribution in [3.05, 3.63) is 60.7 Å². The lowest BCUT2D eigenvalue weighted by Crippen LogP contribution is -2.31. The smallest absolute Gasteiger partial charge is 0.151 e. The highest BCUT2D eigenvalue weighted by Crippen LogP contribution is 2.15. The Balaban J connectivity index is 2.00. The summed E-state index contributed by atoms with van der Waals surface area (Å²) in [6, 6.07) is 19.2. The zero-order valence-electron chi connectivity index (χ0n) is 10.5. The summed E-state index contributed by atoms with van der Waals surface area (Å²) in [7, 11) is 0. The van der Waals surface area contributed by atoms with Crippen LogP contribution in [0.5, 0.6) is 11.5 Å². The molecule has 3 heteroatoms. The maximum atomic E-state index is 5.67. The van der Waals surface area contributed by atoms with E-state index in [-0.39, 0.29) is 0 Å². The SMILES string of the molecule is CCCN(Oc1ccccc1)Oc1ccccc1. The van der Waals surface area contributed by atoms with Gasteiger partial charge in [-0.1, -0.05) is 43.3 Å². The van der Waals surface area contributed by atoms with E-state index in [1.54, 1.807) is 0 Å². The van der Waals surface area contributed by atoms with E-state index in [4.69, 9.17) is 9.68 Å². The Kier molecular flexibility index (Phi) is 4.61. The molecular weight excluding hydrogens is 226 g/mol. The van der Waals surface area contributed by atoms with Crippen LogP contribution in [0.1, 0.15) is 13.3 Å². The molecule has 0 saturated carbocycles. The molecule has 0 heterocycles. The first kappa shape index (κ1) is 12.5. The highest BCUT2D eigenvalue weighted by molar-refractivity contribution is 5.22. The van der Waals surface area contributed by atoms with E-state index in [9.17, 15) is 0 Å². The summed E-state index contributed by atoms with van der Waals surface area (Å²) in [6.45, 7) is 2.78. The second-order valence-corrected chi connectivity index (χ2v) is 3.87. The molecule has 0 atom stereocenters. The summed E-state index contributed by atoms with van der Waals surface area (Å²) in [5.74, 6) is 1.53. The molecule has 0 N–H and O–H groups in total. The van der Waals surface area contributed by atoms with E-state index in [0.29, 0.717) is 6.54 Å². The van der Waals surface area contributed by atoms with E-state index < -0.39 is 0 Å². The molecule has 2 aromatic carbocycles. The van der Waals surface area contributed by atoms with Gasteiger partial charge in [0.2, 0.25) is 0 Å². The summed E-state index contributed by atoms with van der Waals surface area (Å²) in [5.41, 5.74) is 0. The normalized spacial score (nSPS) is 10.3. The molecule has 0 bridgehead atoms. The third kappa shape index (κ3) is 3.79. The molecule has 2 rings (SSSR count). The Hall–Kier alpha value is -2.00. The fraction of sp³-hybridized carbons (Fsp3) is 0.200. The lowest BCUT2D eigenvalue weighted by atomic mass is 10.3. The van der Waals surface area contributed by atoms with Gasteiger partial charge in [0.05, 0.1) is 6.54 Å². The molecule has 0 aliphatic carbocycles. The second-order valence-electron chi connectivity index (χ2n) is 3.87. The van der Waals surface area contributed by atoms with Crippen molar-refractivity contribution >= 4 is 0 Å². The van der Waals surface area contributed by atoms with E-state index in [1.807, 2.05) is 60.7 Å². The highest BCUT2D eigenvalue weighted by atomic mass is 16.9. The Morgan fingerprint density at radius 1 is 0.778 bits per heavy atom. The van der Waals surface area contributed by atoms with Crippen LogP contribution in [0.4, 0.5) is 0 Å². The Morgan fingerprint density at radius 3 is 1.61 bits per heavy atom. The van der Waals surface area contributed by atoms with Crippen molar-refractivity contribution in [2.75, 3.05) is 6.54 Å². The lowest BCUT2D eigenvalue weighted by Gasteiger charge is -2.21. The van der Waals surface area contributed by atoms with Gasteiger partial charge >= 0.3 is 0 Å². The first-order valence-corrected chi connectivity index (χ1v) is 6.12. The maximum absolute atomic E-state index is 5.67. The van der Waals surface area contributed by atoms with E-state index in [1.165, 1.54) is 5.23 Å². The van der Waals surface area contributed by atoms with Gasteiger partial charge in [-0.2, -0.15) is 0 Å². The number of nitrogens with zero attached hydrogens (tertiary/aromatic N) is 1. The van der Waals surface area contributed by atoms with Crippen LogP contribution in [0.15, 0.2) is 60.7 Å². The van der Waals surface area contributed by atoms with Crippen LogP contribution < -0.4 is 9.68 Å². The number of hydroxylamine groups is 2. The Labute approximate surface area is 107 Å². The van der Waals surface area contributed by atoms with Crippen molar-refractivity contribution in [3.8, 4) is 11.5 Å². The molecule has 0 spiro atoms. The van der Waals surface area contributed by atoms with Gasteiger partial charge < -0.3 is 9.68 Å². The molecule has 3 nitrogen and oxygen atoms in total. The molecule has 0 aliphatic heterocycles. The van der Waals surface area contributed by atoms with Crippen LogP contribution in [-0.4, -0.2) is 11.8 Å². The average Bonchev–Trinajstić information content (AvgIpc) is 2.41. The molecule has 0 aromatic heterocycles. The van der Waals surface area contributed by atoms with E-state index in [2.05, 4.69) is 6.92 Å². The van der Waals surface area contributed by atoms with Crippen molar-refractivity contribution in [3.63, 3.8) is 0 Å². The molecule has 2 aromatic rings. The summed E-state index contributed by atoms with van der Waals surface area (Å²) in [6.07, 6.45) is 0.944. The monoisotopic (exact) mass is 243 g/mol. The minimum Gasteiger partial charge on any atom is -0.371 e. The molecule has 0 amide bonds. The molecule has 18 heavy (non-hydrogen) atoms. The molecule has 0 fully saturated rings. The second kappa shape index (κ2) is 6.67. The van der Waals surface area contributed by atoms with Gasteiger partial charge in [0.15, 0.2) is 11.5 Å². The first-order chi connectivity index (χ1) is 8.88. The summed E-state index contributed by atoms with van der Waals surface area (Å²) >= 11 is 0. The van der Waals surface area contributed by atoms with Gasteiger partial charge in [-0.3, -0.25) is 0 Å². The fourth-order valence-electron chi connectivity index (χ4n) is 1.49. The van der Waals surface area contributed by atoms with Crippen LogP contribution in [0.3, 0.4) is 0 Å². The van der Waals surface area contributed by atoms with Gasteiger partial charge in [0.1, 0.15) is 0 Å². The quantitative estimate of drug-likeness (QED) is 0.722. The number of rotatable bonds is 6. The summed E-state index contributed by atoms with van der Waals surface area (Å²) < 4.78 is 0. The predicted molar refractivity (Wildman–Crippen MR) is 71.1 cm³/mol. The predicted octanol–water partition coefficient (Wildman–Crippen LogP) is 3.69. The number of hydrogen-bond acceptors (Lipinski definition) is 3. The van der Waals surface area contributed by atoms with Crippen molar-refractivity contribution < 1.29 is 9.68 Å². The van der Waals surface area contributed by atoms with Gasteiger partial charge in [-0.15, -0.1) is 0 Å². The van der Waals surface area contributed by atoms with Gasteiger partial charge in [-0.05, 0) is 30.7 Å². The van der Waals surface area contributed by atoms with E-state index in [0.717, 1.165) is 17.9 Å². The lowest BCUT2D eigenvalue weighted by molar-refractivity contribution is -0.256. The minimum absolute atomic E-state index is 0.698. The molecule has 0 radical (unpaired) electrons. The fourth-order valence-corrected chi connectivity index (χ4v) is 1.49. The molecule has 94 valence electrons. The number of para-hydroxylation sites is 2. The molecule has 0 saturated heterocycles. The zero-order chi connectivity index (χ0) is 12.6. The van der Waals surface area contributed by atoms with Crippen LogP contribution in [0.25, 0.3) is 0 Å². The Bertz CT molecular complexity index is 403. The topological polar surface area (TPSA) is 21.7 Å². The summed E-state index contributed by atoms with van der Waals surface area (Å²) in [5, 5.41) is 1.50. The molecule has 0 unspecified atom stereocenters. The first-order valence-electron chi connectivity index (χ1n) is 6.12. The van der Waals surface area contributed by atoms with Crippen molar-refractivity contribution in [1.29, 1.82) is 0 Å².